The zero-order chi connectivity index (χ0) is 12.8. The van der Waals surface area contributed by atoms with E-state index in [1.165, 1.54) is 13.4 Å². The first-order valence-corrected chi connectivity index (χ1v) is 5.24. The van der Waals surface area contributed by atoms with E-state index in [1.807, 2.05) is 6.92 Å². The van der Waals surface area contributed by atoms with Crippen LogP contribution in [0, 0.1) is 0 Å². The molecule has 7 nitrogen and oxygen atoms in total. The van der Waals surface area contributed by atoms with Gasteiger partial charge in [0, 0.05) is 13.6 Å². The number of carbonyl (C=O) groups excluding carboxylic acids is 1. The fourth-order valence-electron chi connectivity index (χ4n) is 1.39. The van der Waals surface area contributed by atoms with E-state index in [9.17, 15) is 4.79 Å². The van der Waals surface area contributed by atoms with Crippen molar-refractivity contribution in [3.8, 4) is 5.75 Å². The first-order valence-electron chi connectivity index (χ1n) is 5.24. The number of nitrogens with zero attached hydrogens (tertiary/aromatic N) is 3. The normalized spacial score (nSPS) is 9.82. The van der Waals surface area contributed by atoms with Gasteiger partial charge in [0.25, 0.3) is 0 Å². The highest BCUT2D eigenvalue weighted by Gasteiger charge is 2.17. The number of rotatable bonds is 5. The van der Waals surface area contributed by atoms with Crippen LogP contribution in [0.4, 0.5) is 11.6 Å². The molecular weight excluding hydrogens is 222 g/mol. The number of hydrogen-bond donors (Lipinski definition) is 2. The van der Waals surface area contributed by atoms with Crippen LogP contribution in [-0.4, -0.2) is 43.1 Å². The van der Waals surface area contributed by atoms with Gasteiger partial charge in [0.15, 0.2) is 11.6 Å². The molecule has 0 saturated heterocycles. The third-order valence-electron chi connectivity index (χ3n) is 2.31. The van der Waals surface area contributed by atoms with E-state index in [2.05, 4.69) is 15.3 Å². The van der Waals surface area contributed by atoms with Crippen molar-refractivity contribution in [2.24, 2.45) is 0 Å². The standard InChI is InChI=1S/C10H17N5O2/c1-4-15(5-7(16)12-2)10-8(17-3)9(11)13-6-14-10/h6H,4-5H2,1-3H3,(H,12,16)(H2,11,13,14). The Morgan fingerprint density at radius 2 is 2.29 bits per heavy atom. The van der Waals surface area contributed by atoms with Crippen LogP contribution in [0.5, 0.6) is 5.75 Å². The summed E-state index contributed by atoms with van der Waals surface area (Å²) in [6.45, 7) is 2.72. The lowest BCUT2D eigenvalue weighted by atomic mass is 10.4. The maximum absolute atomic E-state index is 11.4. The number of anilines is 2. The largest absolute Gasteiger partial charge is 0.490 e. The Balaban J connectivity index is 3.03. The van der Waals surface area contributed by atoms with Gasteiger partial charge in [-0.2, -0.15) is 0 Å². The van der Waals surface area contributed by atoms with E-state index in [-0.39, 0.29) is 18.3 Å². The molecule has 0 atom stereocenters. The molecule has 1 aromatic heterocycles. The van der Waals surface area contributed by atoms with E-state index in [1.54, 1.807) is 11.9 Å². The molecule has 0 aromatic carbocycles. The van der Waals surface area contributed by atoms with Gasteiger partial charge in [-0.05, 0) is 6.92 Å². The van der Waals surface area contributed by atoms with Crippen LogP contribution < -0.4 is 20.7 Å². The highest BCUT2D eigenvalue weighted by molar-refractivity contribution is 5.81. The van der Waals surface area contributed by atoms with Gasteiger partial charge in [0.1, 0.15) is 6.33 Å². The Morgan fingerprint density at radius 3 is 2.82 bits per heavy atom. The van der Waals surface area contributed by atoms with E-state index in [4.69, 9.17) is 10.5 Å². The third kappa shape index (κ3) is 2.96. The summed E-state index contributed by atoms with van der Waals surface area (Å²) >= 11 is 0. The van der Waals surface area contributed by atoms with Crippen molar-refractivity contribution in [3.05, 3.63) is 6.33 Å². The number of amides is 1. The Labute approximate surface area is 100.0 Å². The minimum atomic E-state index is -0.105. The number of hydrogen-bond acceptors (Lipinski definition) is 6. The molecule has 1 rings (SSSR count). The molecule has 0 aliphatic rings. The molecule has 0 radical (unpaired) electrons. The van der Waals surface area contributed by atoms with Crippen molar-refractivity contribution in [1.82, 2.24) is 15.3 Å². The number of methoxy groups -OCH3 is 1. The Hall–Kier alpha value is -2.05. The molecule has 0 unspecified atom stereocenters. The molecule has 17 heavy (non-hydrogen) atoms. The van der Waals surface area contributed by atoms with Crippen LogP contribution in [0.15, 0.2) is 6.33 Å². The first-order chi connectivity index (χ1) is 8.13. The Bertz CT molecular complexity index is 396. The molecule has 0 spiro atoms. The average Bonchev–Trinajstić information content (AvgIpc) is 2.35. The van der Waals surface area contributed by atoms with E-state index >= 15 is 0 Å². The second kappa shape index (κ2) is 5.88. The lowest BCUT2D eigenvalue weighted by molar-refractivity contribution is -0.119. The van der Waals surface area contributed by atoms with Gasteiger partial charge < -0.3 is 20.7 Å². The lowest BCUT2D eigenvalue weighted by Gasteiger charge is -2.22. The first kappa shape index (κ1) is 13.0. The van der Waals surface area contributed by atoms with Crippen molar-refractivity contribution < 1.29 is 9.53 Å². The SMILES string of the molecule is CCN(CC(=O)NC)c1ncnc(N)c1OC. The lowest BCUT2D eigenvalue weighted by Crippen LogP contribution is -2.36. The fraction of sp³-hybridized carbons (Fsp3) is 0.500. The quantitative estimate of drug-likeness (QED) is 0.729. The van der Waals surface area contributed by atoms with Crippen molar-refractivity contribution in [2.45, 2.75) is 6.92 Å². The Kier molecular flexibility index (Phi) is 4.50. The van der Waals surface area contributed by atoms with Gasteiger partial charge in [0.2, 0.25) is 11.7 Å². The molecule has 1 heterocycles. The van der Waals surface area contributed by atoms with Crippen LogP contribution in [0.1, 0.15) is 6.92 Å². The second-order valence-electron chi connectivity index (χ2n) is 3.30. The van der Waals surface area contributed by atoms with Gasteiger partial charge in [-0.3, -0.25) is 4.79 Å². The minimum Gasteiger partial charge on any atom is -0.490 e. The van der Waals surface area contributed by atoms with E-state index in [0.29, 0.717) is 18.1 Å². The van der Waals surface area contributed by atoms with Crippen molar-refractivity contribution in [2.75, 3.05) is 37.9 Å². The topological polar surface area (TPSA) is 93.4 Å². The van der Waals surface area contributed by atoms with Gasteiger partial charge in [-0.1, -0.05) is 0 Å². The summed E-state index contributed by atoms with van der Waals surface area (Å²) in [7, 11) is 3.08. The molecule has 1 aromatic rings. The summed E-state index contributed by atoms with van der Waals surface area (Å²) in [5, 5.41) is 2.56. The molecule has 0 fully saturated rings. The maximum Gasteiger partial charge on any atom is 0.239 e. The maximum atomic E-state index is 11.4. The molecule has 1 amide bonds. The summed E-state index contributed by atoms with van der Waals surface area (Å²) < 4.78 is 5.15. The summed E-state index contributed by atoms with van der Waals surface area (Å²) in [5.41, 5.74) is 5.68. The monoisotopic (exact) mass is 239 g/mol. The highest BCUT2D eigenvalue weighted by Crippen LogP contribution is 2.29. The van der Waals surface area contributed by atoms with Crippen LogP contribution in [0.3, 0.4) is 0 Å². The molecule has 0 bridgehead atoms. The fourth-order valence-corrected chi connectivity index (χ4v) is 1.39. The Morgan fingerprint density at radius 1 is 1.59 bits per heavy atom. The minimum absolute atomic E-state index is 0.105. The summed E-state index contributed by atoms with van der Waals surface area (Å²) in [6, 6.07) is 0. The third-order valence-corrected chi connectivity index (χ3v) is 2.31. The molecule has 7 heteroatoms. The number of nitrogens with two attached hydrogens (primary N) is 1. The molecule has 0 saturated carbocycles. The van der Waals surface area contributed by atoms with Crippen molar-refractivity contribution >= 4 is 17.5 Å². The van der Waals surface area contributed by atoms with Gasteiger partial charge in [-0.25, -0.2) is 9.97 Å². The van der Waals surface area contributed by atoms with Crippen LogP contribution in [-0.2, 0) is 4.79 Å². The smallest absolute Gasteiger partial charge is 0.239 e. The number of aromatic nitrogens is 2. The number of nitrogen functional groups attached to an aromatic ring is 1. The van der Waals surface area contributed by atoms with Crippen molar-refractivity contribution in [1.29, 1.82) is 0 Å². The molecule has 94 valence electrons. The van der Waals surface area contributed by atoms with Crippen LogP contribution in [0.25, 0.3) is 0 Å². The predicted octanol–water partition coefficient (Wildman–Crippen LogP) is -0.360. The van der Waals surface area contributed by atoms with Crippen LogP contribution >= 0.6 is 0 Å². The molecule has 3 N–H and O–H groups in total. The number of nitrogens with one attached hydrogen (secondary N) is 1. The summed E-state index contributed by atoms with van der Waals surface area (Å²) in [6.07, 6.45) is 1.35. The summed E-state index contributed by atoms with van der Waals surface area (Å²) in [4.78, 5) is 21.1. The highest BCUT2D eigenvalue weighted by atomic mass is 16.5. The van der Waals surface area contributed by atoms with Gasteiger partial charge in [0.05, 0.1) is 13.7 Å². The average molecular weight is 239 g/mol. The number of ether oxygens (including phenoxy) is 1. The van der Waals surface area contributed by atoms with Crippen molar-refractivity contribution in [3.63, 3.8) is 0 Å². The van der Waals surface area contributed by atoms with Gasteiger partial charge >= 0.3 is 0 Å². The zero-order valence-corrected chi connectivity index (χ0v) is 10.2. The van der Waals surface area contributed by atoms with E-state index < -0.39 is 0 Å². The second-order valence-corrected chi connectivity index (χ2v) is 3.30. The molecule has 0 aliphatic heterocycles. The number of carbonyl (C=O) groups is 1. The van der Waals surface area contributed by atoms with Gasteiger partial charge in [-0.15, -0.1) is 0 Å². The van der Waals surface area contributed by atoms with Crippen LogP contribution in [0.2, 0.25) is 0 Å². The van der Waals surface area contributed by atoms with E-state index in [0.717, 1.165) is 0 Å². The predicted molar refractivity (Wildman–Crippen MR) is 65.0 cm³/mol. The zero-order valence-electron chi connectivity index (χ0n) is 10.2. The molecule has 0 aliphatic carbocycles. The molecular formula is C10H17N5O2. The summed E-state index contributed by atoms with van der Waals surface area (Å²) in [5.74, 6) is 1.06. The number of likely N-dealkylation sites (N-methyl/N-ethyl adjacent to an activating group) is 2.